The van der Waals surface area contributed by atoms with E-state index in [2.05, 4.69) is 148 Å². The molecule has 24 nitrogen and oxygen atoms in total. The van der Waals surface area contributed by atoms with E-state index in [9.17, 15) is 57.8 Å². The number of hydrogen-bond donors (Lipinski definition) is 2. The summed E-state index contributed by atoms with van der Waals surface area (Å²) in [5, 5.41) is 21.1. The fourth-order valence-electron chi connectivity index (χ4n) is 13.0. The van der Waals surface area contributed by atoms with E-state index in [1.807, 2.05) is 79.7 Å². The van der Waals surface area contributed by atoms with E-state index in [1.165, 1.54) is 61.8 Å². The first-order chi connectivity index (χ1) is 52.3. The van der Waals surface area contributed by atoms with Gasteiger partial charge in [0.2, 0.25) is 0 Å². The van der Waals surface area contributed by atoms with Crippen LogP contribution in [0.3, 0.4) is 0 Å². The van der Waals surface area contributed by atoms with Crippen LogP contribution in [0, 0.1) is 11.8 Å². The van der Waals surface area contributed by atoms with Crippen LogP contribution in [0.15, 0.2) is 133 Å². The van der Waals surface area contributed by atoms with Crippen molar-refractivity contribution in [2.24, 2.45) is 11.8 Å². The number of carboxylic acid groups (broad SMARTS) is 1. The van der Waals surface area contributed by atoms with Gasteiger partial charge >= 0.3 is 196 Å². The Hall–Kier alpha value is -7.30. The number of allylic oxidation sites excluding steroid dienone is 1. The molecule has 3 N–H and O–H groups in total. The molecule has 0 radical (unpaired) electrons. The monoisotopic (exact) mass is 1740 g/mol. The molecule has 9 rings (SSSR count). The predicted molar refractivity (Wildman–Crippen MR) is 455 cm³/mol. The third-order valence-electron chi connectivity index (χ3n) is 18.7. The first-order valence-corrected chi connectivity index (χ1v) is 44.4. The van der Waals surface area contributed by atoms with E-state index >= 15 is 0 Å². The third kappa shape index (κ3) is 33.9. The number of alkyl halides is 1. The van der Waals surface area contributed by atoms with Crippen LogP contribution in [0.5, 0.6) is 0 Å². The Labute approximate surface area is 711 Å². The number of aliphatic hydroxyl groups is 1. The SMILES string of the molecule is BrCc1ccccc1.CC(=O)[C@@H]1CC(=O)CN1C(=O)OC(C)(C)C.CC(=O)[C@@H]1C[C@@H](O)CN1C(=O)OC(C)(C)C.CC=C1C[C@@H](C(C)=O)N(C(=O)OC(C)(C)C)C1.CCC1C[C@@H](C(=O)O)N(C(=O)OC(C)(C)C)C1.CCC1C[C@@H](C(C)=O)N(C(=O)OC(C)(C)C)C1.CCP(Br)(c1ccccc1)(c1ccccc1)c1ccccc1.[Li+].[OH-]. The van der Waals surface area contributed by atoms with Crippen molar-refractivity contribution in [2.45, 2.75) is 274 Å². The standard InChI is InChI=1S/C20H20BrP.C13H23NO3.C13H21NO3.C12H21NO4.C11H19NO4.C11H17NO4.C7H7Br.Li.H2O/c1-2-22(21,18-12-6-3-7-13-18,19-14-8-4-9-15-19)20-16-10-5-11-17-20;2*1-6-10-7-11(9(2)15)14(8-10)12(16)17-13(3,4)5;1-5-8-6-9(10(14)15)13(7-8)11(16)17-12(2,3)4;2*1-7(13)9-5-8(14)6-12(9)10(15)16-11(2,3)4;8-6-7-4-2-1-3-5-7;;/h3-17H,2H2,1H3;10-11H,6-8H2,1-5H3;6,11H,7-8H2,1-5H3;8-9H,5-7H2,1-4H3,(H,14,15);8-9,14H,5-6H2,1-4H3;9H,5-6H2,1-4H3;1-5H,6H2;;1H2/q;;;;;;;+1;/p-1/t;10?,11-;11-;8?,9-;8-,9+;9-;;;/m.00010.../s1. The molecule has 0 aliphatic carbocycles. The van der Waals surface area contributed by atoms with Crippen LogP contribution in [-0.4, -0.2) is 209 Å². The molecular formula is C87H129Br2LiN5O19P. The number of carbonyl (C=O) groups is 11. The molecule has 0 aromatic heterocycles. The smallest absolute Gasteiger partial charge is 0.870 e. The molecule has 5 aliphatic rings. The summed E-state index contributed by atoms with van der Waals surface area (Å²) in [5.74, 6) is -0.642. The van der Waals surface area contributed by atoms with Crippen LogP contribution in [0.1, 0.15) is 210 Å². The fourth-order valence-corrected chi connectivity index (χ4v) is 19.9. The number of amides is 5. The van der Waals surface area contributed by atoms with E-state index in [4.69, 9.17) is 28.8 Å². The minimum Gasteiger partial charge on any atom is -0.870 e. The minimum absolute atomic E-state index is 0. The fraction of sp³-hybridized carbons (Fsp3) is 0.575. The molecule has 2 unspecified atom stereocenters. The Morgan fingerprint density at radius 2 is 0.730 bits per heavy atom. The molecule has 0 spiro atoms. The molecule has 4 aromatic rings. The number of rotatable bonds is 12. The molecule has 5 amide bonds. The zero-order valence-corrected chi connectivity index (χ0v) is 76.5. The largest absolute Gasteiger partial charge is 1.00 e. The van der Waals surface area contributed by atoms with Gasteiger partial charge in [-0.1, -0.05) is 84.6 Å². The summed E-state index contributed by atoms with van der Waals surface area (Å²) in [6, 6.07) is 40.3. The van der Waals surface area contributed by atoms with Crippen molar-refractivity contribution in [1.82, 2.24) is 24.5 Å². The van der Waals surface area contributed by atoms with Crippen molar-refractivity contribution in [1.29, 1.82) is 0 Å². The van der Waals surface area contributed by atoms with E-state index in [-0.39, 0.29) is 96.9 Å². The summed E-state index contributed by atoms with van der Waals surface area (Å²) in [7, 11) is 0. The van der Waals surface area contributed by atoms with Gasteiger partial charge in [0, 0.05) is 37.8 Å². The molecule has 5 saturated heterocycles. The van der Waals surface area contributed by atoms with Crippen LogP contribution in [0.25, 0.3) is 0 Å². The van der Waals surface area contributed by atoms with E-state index in [0.29, 0.717) is 44.8 Å². The van der Waals surface area contributed by atoms with Crippen molar-refractivity contribution in [3.8, 4) is 0 Å². The Morgan fingerprint density at radius 1 is 0.443 bits per heavy atom. The number of halogens is 2. The summed E-state index contributed by atoms with van der Waals surface area (Å²) in [6.45, 7) is 42.7. The third-order valence-corrected chi connectivity index (χ3v) is 29.9. The number of aliphatic hydroxyl groups excluding tert-OH is 1. The zero-order chi connectivity index (χ0) is 86.0. The van der Waals surface area contributed by atoms with Gasteiger partial charge in [-0.05, 0) is 175 Å². The summed E-state index contributed by atoms with van der Waals surface area (Å²) >= 11 is 7.70. The van der Waals surface area contributed by atoms with Crippen molar-refractivity contribution in [2.75, 3.05) is 38.9 Å². The quantitative estimate of drug-likeness (QED) is 0.0437. The van der Waals surface area contributed by atoms with E-state index < -0.39 is 87.9 Å². The van der Waals surface area contributed by atoms with Gasteiger partial charge in [-0.2, -0.15) is 0 Å². The molecule has 5 aliphatic heterocycles. The number of carboxylic acids is 1. The van der Waals surface area contributed by atoms with Crippen LogP contribution < -0.4 is 34.8 Å². The molecular weight excluding hydrogens is 1620 g/mol. The average molecular weight is 1750 g/mol. The van der Waals surface area contributed by atoms with Crippen LogP contribution in [0.2, 0.25) is 0 Å². The van der Waals surface area contributed by atoms with Gasteiger partial charge in [0.25, 0.3) is 0 Å². The van der Waals surface area contributed by atoms with Crippen LogP contribution >= 0.6 is 36.7 Å². The van der Waals surface area contributed by atoms with E-state index in [1.54, 1.807) is 74.1 Å². The summed E-state index contributed by atoms with van der Waals surface area (Å²) in [5.41, 5.74) is -0.413. The van der Waals surface area contributed by atoms with Crippen molar-refractivity contribution < 1.29 is 111 Å². The van der Waals surface area contributed by atoms with Gasteiger partial charge in [0.1, 0.15) is 40.1 Å². The van der Waals surface area contributed by atoms with Crippen LogP contribution in [0.4, 0.5) is 24.0 Å². The maximum absolute atomic E-state index is 12.0. The number of Topliss-reactive ketones (excluding diaryl/α,β-unsaturated/α-hetero) is 5. The van der Waals surface area contributed by atoms with Gasteiger partial charge in [0.05, 0.1) is 37.3 Å². The van der Waals surface area contributed by atoms with Gasteiger partial charge in [-0.15, -0.1) is 0 Å². The maximum Gasteiger partial charge on any atom is 1.00 e. The molecule has 0 bridgehead atoms. The van der Waals surface area contributed by atoms with Crippen molar-refractivity contribution >= 4 is 118 Å². The second-order valence-corrected chi connectivity index (χ2v) is 43.7. The first-order valence-electron chi connectivity index (χ1n) is 38.8. The second kappa shape index (κ2) is 46.7. The predicted octanol–water partition coefficient (Wildman–Crippen LogP) is 13.6. The molecule has 115 heavy (non-hydrogen) atoms. The Kier molecular flexibility index (Phi) is 43.0. The Balaban J connectivity index is 0.000000676. The molecule has 28 heteroatoms. The number of hydrogen-bond acceptors (Lipinski definition) is 18. The summed E-state index contributed by atoms with van der Waals surface area (Å²) < 4.78 is 26.2. The first kappa shape index (κ1) is 106. The van der Waals surface area contributed by atoms with Crippen LogP contribution in [-0.2, 0) is 57.8 Å². The maximum atomic E-state index is 12.0. The van der Waals surface area contributed by atoms with Gasteiger partial charge in [-0.25, -0.2) is 28.8 Å². The van der Waals surface area contributed by atoms with E-state index in [0.717, 1.165) is 36.3 Å². The number of β-amino-alcohol motifs (C(OH)–C–C–N with tert-alkyl or cyclic N) is 1. The molecule has 4 aromatic carbocycles. The topological polar surface area (TPSA) is 321 Å². The number of carbonyl (C=O) groups excluding carboxylic acids is 10. The molecule has 5 heterocycles. The minimum atomic E-state index is -2.59. The average Bonchev–Trinajstić information content (AvgIpc) is 1.71. The Morgan fingerprint density at radius 3 is 1.02 bits per heavy atom. The van der Waals surface area contributed by atoms with Crippen molar-refractivity contribution in [3.05, 3.63) is 139 Å². The Bertz CT molecular complexity index is 3680. The number of aliphatic carboxylic acids is 1. The number of ketones is 5. The van der Waals surface area contributed by atoms with Gasteiger partial charge in [-0.3, -0.25) is 48.5 Å². The summed E-state index contributed by atoms with van der Waals surface area (Å²) in [6.07, 6.45) is 4.12. The molecule has 0 saturated carbocycles. The number of ether oxygens (including phenoxy) is 5. The van der Waals surface area contributed by atoms with Gasteiger partial charge in [0.15, 0.2) is 28.9 Å². The summed E-state index contributed by atoms with van der Waals surface area (Å²) in [4.78, 5) is 134. The molecule has 636 valence electrons. The normalized spacial score (nSPS) is 20.4. The van der Waals surface area contributed by atoms with Crippen molar-refractivity contribution in [3.63, 3.8) is 0 Å². The number of likely N-dealkylation sites (tertiary alicyclic amines) is 5. The number of nitrogens with zero attached hydrogens (tertiary/aromatic N) is 5. The molecule has 5 fully saturated rings. The zero-order valence-electron chi connectivity index (χ0n) is 72.5. The van der Waals surface area contributed by atoms with Gasteiger partial charge < -0.3 is 39.4 Å². The number of benzene rings is 4. The second-order valence-electron chi connectivity index (χ2n) is 33.9. The molecule has 8 atom stereocenters.